The van der Waals surface area contributed by atoms with E-state index in [2.05, 4.69) is 15.4 Å². The van der Waals surface area contributed by atoms with E-state index in [1.54, 1.807) is 30.3 Å². The van der Waals surface area contributed by atoms with Crippen molar-refractivity contribution in [1.82, 2.24) is 14.6 Å². The molecule has 1 amide bonds. The third kappa shape index (κ3) is 4.14. The normalized spacial score (nSPS) is 12.6. The molecule has 12 heteroatoms. The minimum absolute atomic E-state index is 0.0280. The third-order valence-corrected chi connectivity index (χ3v) is 5.26. The average molecular weight is 486 g/mol. The van der Waals surface area contributed by atoms with E-state index in [1.165, 1.54) is 26.4 Å². The molecule has 180 valence electrons. The molecule has 1 aliphatic rings. The number of amides is 1. The van der Waals surface area contributed by atoms with Crippen molar-refractivity contribution in [2.24, 2.45) is 0 Å². The summed E-state index contributed by atoms with van der Waals surface area (Å²) < 4.78 is 63.2. The zero-order valence-electron chi connectivity index (χ0n) is 18.3. The van der Waals surface area contributed by atoms with Crippen molar-refractivity contribution in [2.75, 3.05) is 26.3 Å². The van der Waals surface area contributed by atoms with Gasteiger partial charge < -0.3 is 24.3 Å². The van der Waals surface area contributed by atoms with Gasteiger partial charge in [-0.25, -0.2) is 9.50 Å². The van der Waals surface area contributed by atoms with Gasteiger partial charge in [0.05, 0.1) is 19.9 Å². The minimum Gasteiger partial charge on any atom is -0.493 e. The van der Waals surface area contributed by atoms with Crippen molar-refractivity contribution in [1.29, 1.82) is 0 Å². The highest BCUT2D eigenvalue weighted by Gasteiger charge is 2.36. The molecule has 0 bridgehead atoms. The van der Waals surface area contributed by atoms with E-state index in [0.29, 0.717) is 38.8 Å². The fraction of sp³-hybridized carbons (Fsp3) is 0.174. The molecule has 2 aromatic carbocycles. The lowest BCUT2D eigenvalue weighted by Crippen LogP contribution is -2.15. The van der Waals surface area contributed by atoms with Crippen molar-refractivity contribution in [3.8, 4) is 34.3 Å². The molecule has 1 N–H and O–H groups in total. The van der Waals surface area contributed by atoms with E-state index in [-0.39, 0.29) is 23.8 Å². The Morgan fingerprint density at radius 1 is 1.00 bits per heavy atom. The monoisotopic (exact) mass is 486 g/mol. The number of rotatable bonds is 5. The minimum atomic E-state index is -4.75. The average Bonchev–Trinajstić information content (AvgIpc) is 3.49. The van der Waals surface area contributed by atoms with Crippen LogP contribution in [0.3, 0.4) is 0 Å². The molecular formula is C23H17F3N4O5. The molecule has 0 spiro atoms. The standard InChI is InChI=1S/C23H17F3N4O5/c1-32-16-6-4-13(8-18(16)33-2)27-22(31)15-10-21-28-14(9-20(23(24,25)26)30(21)29-15)12-3-5-17-19(7-12)35-11-34-17/h3-10H,11H2,1-2H3,(H,27,31). The second-order valence-corrected chi connectivity index (χ2v) is 7.42. The topological polar surface area (TPSA) is 96.2 Å². The van der Waals surface area contributed by atoms with Gasteiger partial charge in [0.25, 0.3) is 5.91 Å². The molecule has 0 radical (unpaired) electrons. The number of nitrogens with zero attached hydrogens (tertiary/aromatic N) is 3. The fourth-order valence-corrected chi connectivity index (χ4v) is 3.60. The number of methoxy groups -OCH3 is 2. The number of alkyl halides is 3. The van der Waals surface area contributed by atoms with Crippen LogP contribution >= 0.6 is 0 Å². The number of aromatic nitrogens is 3. The largest absolute Gasteiger partial charge is 0.493 e. The molecule has 1 aliphatic heterocycles. The maximum atomic E-state index is 13.9. The van der Waals surface area contributed by atoms with Gasteiger partial charge in [-0.05, 0) is 36.4 Å². The number of ether oxygens (including phenoxy) is 4. The summed E-state index contributed by atoms with van der Waals surface area (Å²) in [6.45, 7) is 0.0280. The lowest BCUT2D eigenvalue weighted by molar-refractivity contribution is -0.142. The number of fused-ring (bicyclic) bond motifs is 2. The Hall–Kier alpha value is -4.48. The molecule has 5 rings (SSSR count). The molecule has 0 saturated heterocycles. The number of halogens is 3. The molecule has 2 aromatic heterocycles. The first kappa shape index (κ1) is 22.3. The summed E-state index contributed by atoms with van der Waals surface area (Å²) in [6.07, 6.45) is -4.75. The number of carbonyl (C=O) groups is 1. The van der Waals surface area contributed by atoms with Gasteiger partial charge in [0.1, 0.15) is 0 Å². The highest BCUT2D eigenvalue weighted by Crippen LogP contribution is 2.37. The van der Waals surface area contributed by atoms with Crippen molar-refractivity contribution < 1.29 is 36.9 Å². The number of nitrogens with one attached hydrogen (secondary N) is 1. The zero-order chi connectivity index (χ0) is 24.7. The van der Waals surface area contributed by atoms with Crippen LogP contribution in [0, 0.1) is 0 Å². The Balaban J connectivity index is 1.53. The summed E-state index contributed by atoms with van der Waals surface area (Å²) in [5, 5.41) is 6.45. The molecule has 0 saturated carbocycles. The first-order valence-corrected chi connectivity index (χ1v) is 10.2. The fourth-order valence-electron chi connectivity index (χ4n) is 3.60. The van der Waals surface area contributed by atoms with E-state index in [9.17, 15) is 18.0 Å². The third-order valence-electron chi connectivity index (χ3n) is 5.26. The van der Waals surface area contributed by atoms with E-state index in [1.807, 2.05) is 0 Å². The highest BCUT2D eigenvalue weighted by atomic mass is 19.4. The lowest BCUT2D eigenvalue weighted by atomic mass is 10.1. The molecular weight excluding hydrogens is 469 g/mol. The Morgan fingerprint density at radius 2 is 1.77 bits per heavy atom. The van der Waals surface area contributed by atoms with Crippen LogP contribution in [0.5, 0.6) is 23.0 Å². The van der Waals surface area contributed by atoms with Crippen LogP contribution in [0.15, 0.2) is 48.5 Å². The zero-order valence-corrected chi connectivity index (χ0v) is 18.3. The summed E-state index contributed by atoms with van der Waals surface area (Å²) in [6, 6.07) is 11.4. The van der Waals surface area contributed by atoms with Crippen molar-refractivity contribution >= 4 is 17.2 Å². The quantitative estimate of drug-likeness (QED) is 0.446. The molecule has 9 nitrogen and oxygen atoms in total. The molecule has 0 atom stereocenters. The smallest absolute Gasteiger partial charge is 0.433 e. The van der Waals surface area contributed by atoms with Crippen molar-refractivity contribution in [2.45, 2.75) is 6.18 Å². The van der Waals surface area contributed by atoms with Gasteiger partial charge >= 0.3 is 6.18 Å². The first-order chi connectivity index (χ1) is 16.8. The Morgan fingerprint density at radius 3 is 2.51 bits per heavy atom. The van der Waals surface area contributed by atoms with Crippen LogP contribution in [0.25, 0.3) is 16.9 Å². The summed E-state index contributed by atoms with van der Waals surface area (Å²) in [4.78, 5) is 17.1. The van der Waals surface area contributed by atoms with E-state index in [0.717, 1.165) is 6.07 Å². The van der Waals surface area contributed by atoms with Crippen LogP contribution in [-0.4, -0.2) is 41.5 Å². The second-order valence-electron chi connectivity index (χ2n) is 7.42. The molecule has 4 aromatic rings. The van der Waals surface area contributed by atoms with Crippen LogP contribution in [0.2, 0.25) is 0 Å². The van der Waals surface area contributed by atoms with Gasteiger partial charge in [-0.1, -0.05) is 0 Å². The number of hydrogen-bond donors (Lipinski definition) is 1. The maximum Gasteiger partial charge on any atom is 0.433 e. The van der Waals surface area contributed by atoms with Crippen LogP contribution in [0.1, 0.15) is 16.2 Å². The summed E-state index contributed by atoms with van der Waals surface area (Å²) in [5.74, 6) is 0.994. The van der Waals surface area contributed by atoms with E-state index < -0.39 is 17.8 Å². The van der Waals surface area contributed by atoms with Gasteiger partial charge in [0.15, 0.2) is 40.0 Å². The molecule has 0 unspecified atom stereocenters. The van der Waals surface area contributed by atoms with Crippen LogP contribution in [-0.2, 0) is 6.18 Å². The predicted molar refractivity (Wildman–Crippen MR) is 117 cm³/mol. The van der Waals surface area contributed by atoms with Crippen LogP contribution < -0.4 is 24.3 Å². The van der Waals surface area contributed by atoms with Crippen LogP contribution in [0.4, 0.5) is 18.9 Å². The van der Waals surface area contributed by atoms with Gasteiger partial charge in [-0.3, -0.25) is 4.79 Å². The lowest BCUT2D eigenvalue weighted by Gasteiger charge is -2.11. The SMILES string of the molecule is COc1ccc(NC(=O)c2cc3nc(-c4ccc5c(c4)OCO5)cc(C(F)(F)F)n3n2)cc1OC. The summed E-state index contributed by atoms with van der Waals surface area (Å²) in [7, 11) is 2.91. The number of hydrogen-bond acceptors (Lipinski definition) is 7. The van der Waals surface area contributed by atoms with Crippen molar-refractivity contribution in [3.63, 3.8) is 0 Å². The molecule has 0 fully saturated rings. The Kier molecular flexibility index (Phi) is 5.35. The van der Waals surface area contributed by atoms with Gasteiger partial charge in [-0.2, -0.15) is 18.3 Å². The van der Waals surface area contributed by atoms with Gasteiger partial charge in [-0.15, -0.1) is 0 Å². The van der Waals surface area contributed by atoms with Gasteiger partial charge in [0.2, 0.25) is 6.79 Å². The maximum absolute atomic E-state index is 13.9. The number of benzene rings is 2. The molecule has 35 heavy (non-hydrogen) atoms. The first-order valence-electron chi connectivity index (χ1n) is 10.2. The number of anilines is 1. The summed E-state index contributed by atoms with van der Waals surface area (Å²) >= 11 is 0. The van der Waals surface area contributed by atoms with Crippen molar-refractivity contribution in [3.05, 3.63) is 59.9 Å². The highest BCUT2D eigenvalue weighted by molar-refractivity contribution is 6.03. The predicted octanol–water partition coefficient (Wildman–Crippen LogP) is 4.41. The summed E-state index contributed by atoms with van der Waals surface area (Å²) in [5.41, 5.74) is -0.713. The number of carbonyl (C=O) groups excluding carboxylic acids is 1. The van der Waals surface area contributed by atoms with Gasteiger partial charge in [0, 0.05) is 23.4 Å². The second kappa shape index (κ2) is 8.38. The Labute approximate surface area is 196 Å². The molecule has 3 heterocycles. The van der Waals surface area contributed by atoms with E-state index in [4.69, 9.17) is 18.9 Å². The molecule has 0 aliphatic carbocycles. The Bertz CT molecular complexity index is 1450. The van der Waals surface area contributed by atoms with E-state index >= 15 is 0 Å².